The third kappa shape index (κ3) is 4.20. The van der Waals surface area contributed by atoms with Crippen molar-refractivity contribution in [2.45, 2.75) is 39.2 Å². The molecule has 1 N–H and O–H groups in total. The molecular formula is C23H25FN4O2. The maximum absolute atomic E-state index is 13.5. The molecule has 30 heavy (non-hydrogen) atoms. The molecule has 0 unspecified atom stereocenters. The first-order valence-corrected chi connectivity index (χ1v) is 10.3. The molecule has 2 heterocycles. The zero-order chi connectivity index (χ0) is 21.1. The molecule has 1 aliphatic rings. The van der Waals surface area contributed by atoms with Gasteiger partial charge in [0.15, 0.2) is 5.82 Å². The fourth-order valence-electron chi connectivity index (χ4n) is 3.90. The first-order valence-electron chi connectivity index (χ1n) is 10.3. The summed E-state index contributed by atoms with van der Waals surface area (Å²) in [5.74, 6) is -0.113. The second-order valence-corrected chi connectivity index (χ2v) is 7.74. The molecule has 0 atom stereocenters. The zero-order valence-corrected chi connectivity index (χ0v) is 17.0. The first kappa shape index (κ1) is 20.1. The van der Waals surface area contributed by atoms with Gasteiger partial charge < -0.3 is 10.2 Å². The first-order chi connectivity index (χ1) is 14.5. The van der Waals surface area contributed by atoms with Gasteiger partial charge in [-0.2, -0.15) is 5.10 Å². The van der Waals surface area contributed by atoms with Gasteiger partial charge in [-0.3, -0.25) is 9.59 Å². The highest BCUT2D eigenvalue weighted by molar-refractivity contribution is 5.93. The minimum absolute atomic E-state index is 0.236. The summed E-state index contributed by atoms with van der Waals surface area (Å²) in [7, 11) is 0. The number of fused-ring (bicyclic) bond motifs is 1. The van der Waals surface area contributed by atoms with E-state index in [-0.39, 0.29) is 12.1 Å². The lowest BCUT2D eigenvalue weighted by Crippen LogP contribution is -2.33. The number of hydrogen-bond donors (Lipinski definition) is 1. The van der Waals surface area contributed by atoms with Gasteiger partial charge in [0.25, 0.3) is 5.56 Å². The van der Waals surface area contributed by atoms with Crippen molar-refractivity contribution in [2.24, 2.45) is 0 Å². The molecule has 0 bridgehead atoms. The molecule has 0 saturated carbocycles. The van der Waals surface area contributed by atoms with Crippen molar-refractivity contribution in [2.75, 3.05) is 23.3 Å². The minimum atomic E-state index is -0.430. The van der Waals surface area contributed by atoms with Crippen molar-refractivity contribution >= 4 is 28.2 Å². The molecule has 1 aliphatic heterocycles. The van der Waals surface area contributed by atoms with Gasteiger partial charge in [0, 0.05) is 24.2 Å². The smallest absolute Gasteiger partial charge is 0.275 e. The van der Waals surface area contributed by atoms with Crippen LogP contribution in [0.4, 0.5) is 15.9 Å². The highest BCUT2D eigenvalue weighted by atomic mass is 19.1. The van der Waals surface area contributed by atoms with E-state index in [2.05, 4.69) is 15.3 Å². The Morgan fingerprint density at radius 1 is 1.07 bits per heavy atom. The number of halogens is 1. The highest BCUT2D eigenvalue weighted by Crippen LogP contribution is 2.24. The summed E-state index contributed by atoms with van der Waals surface area (Å²) in [6.07, 6.45) is 4.52. The van der Waals surface area contributed by atoms with Gasteiger partial charge in [0.1, 0.15) is 12.4 Å². The van der Waals surface area contributed by atoms with E-state index in [1.54, 1.807) is 19.1 Å². The number of benzene rings is 2. The summed E-state index contributed by atoms with van der Waals surface area (Å²) in [6, 6.07) is 11.6. The molecule has 7 heteroatoms. The number of rotatable bonds is 4. The van der Waals surface area contributed by atoms with Crippen LogP contribution in [-0.4, -0.2) is 28.8 Å². The molecular weight excluding hydrogens is 383 g/mol. The predicted molar refractivity (Wildman–Crippen MR) is 116 cm³/mol. The quantitative estimate of drug-likeness (QED) is 0.712. The van der Waals surface area contributed by atoms with Crippen LogP contribution in [0.25, 0.3) is 10.8 Å². The van der Waals surface area contributed by atoms with Crippen LogP contribution in [-0.2, 0) is 11.3 Å². The average molecular weight is 408 g/mol. The zero-order valence-electron chi connectivity index (χ0n) is 17.0. The normalized spacial score (nSPS) is 14.5. The van der Waals surface area contributed by atoms with Gasteiger partial charge >= 0.3 is 0 Å². The fourth-order valence-corrected chi connectivity index (χ4v) is 3.90. The summed E-state index contributed by atoms with van der Waals surface area (Å²) < 4.78 is 14.7. The molecule has 6 nitrogen and oxygen atoms in total. The molecule has 1 saturated heterocycles. The summed E-state index contributed by atoms with van der Waals surface area (Å²) in [6.45, 7) is 3.31. The van der Waals surface area contributed by atoms with Gasteiger partial charge in [-0.15, -0.1) is 0 Å². The van der Waals surface area contributed by atoms with E-state index in [4.69, 9.17) is 0 Å². The van der Waals surface area contributed by atoms with Crippen LogP contribution in [0.1, 0.15) is 31.2 Å². The van der Waals surface area contributed by atoms with E-state index in [9.17, 15) is 14.0 Å². The lowest BCUT2D eigenvalue weighted by atomic mass is 10.1. The largest absolute Gasteiger partial charge is 0.355 e. The third-order valence-electron chi connectivity index (χ3n) is 5.52. The Morgan fingerprint density at radius 2 is 1.77 bits per heavy atom. The molecule has 156 valence electrons. The number of nitrogens with zero attached hydrogens (tertiary/aromatic N) is 3. The SMILES string of the molecule is Cc1ccc(F)cc1NC(=O)Cn1nc(N2CCCCCC2)c2ccccc2c1=O. The molecule has 0 spiro atoms. The lowest BCUT2D eigenvalue weighted by Gasteiger charge is -2.23. The number of carbonyl (C=O) groups is 1. The van der Waals surface area contributed by atoms with Crippen molar-refractivity contribution in [3.63, 3.8) is 0 Å². The number of anilines is 2. The molecule has 2 aromatic carbocycles. The summed E-state index contributed by atoms with van der Waals surface area (Å²) in [5.41, 5.74) is 0.825. The Morgan fingerprint density at radius 3 is 2.50 bits per heavy atom. The van der Waals surface area contributed by atoms with Crippen LogP contribution >= 0.6 is 0 Å². The standard InChI is InChI=1S/C23H25FN4O2/c1-16-10-11-17(24)14-20(16)25-21(29)15-28-23(30)19-9-5-4-8-18(19)22(26-28)27-12-6-2-3-7-13-27/h4-5,8-11,14H,2-3,6-7,12-13,15H2,1H3,(H,25,29). The number of carbonyl (C=O) groups excluding carboxylic acids is 1. The van der Waals surface area contributed by atoms with Crippen molar-refractivity contribution in [3.05, 3.63) is 64.2 Å². The van der Waals surface area contributed by atoms with E-state index >= 15 is 0 Å². The Bertz CT molecular complexity index is 1130. The number of aromatic nitrogens is 2. The molecule has 0 radical (unpaired) electrons. The second kappa shape index (κ2) is 8.65. The van der Waals surface area contributed by atoms with Gasteiger partial charge in [0.2, 0.25) is 5.91 Å². The molecule has 0 aliphatic carbocycles. The van der Waals surface area contributed by atoms with E-state index < -0.39 is 11.7 Å². The van der Waals surface area contributed by atoms with Crippen LogP contribution in [0.5, 0.6) is 0 Å². The minimum Gasteiger partial charge on any atom is -0.355 e. The van der Waals surface area contributed by atoms with Crippen LogP contribution < -0.4 is 15.8 Å². The van der Waals surface area contributed by atoms with Crippen molar-refractivity contribution in [1.29, 1.82) is 0 Å². The highest BCUT2D eigenvalue weighted by Gasteiger charge is 2.19. The Labute approximate surface area is 174 Å². The van der Waals surface area contributed by atoms with Crippen molar-refractivity contribution in [3.8, 4) is 0 Å². The van der Waals surface area contributed by atoms with Crippen LogP contribution in [0.15, 0.2) is 47.3 Å². The van der Waals surface area contributed by atoms with Crippen molar-refractivity contribution in [1.82, 2.24) is 9.78 Å². The topological polar surface area (TPSA) is 67.2 Å². The van der Waals surface area contributed by atoms with Gasteiger partial charge in [-0.05, 0) is 43.5 Å². The maximum Gasteiger partial charge on any atom is 0.275 e. The van der Waals surface area contributed by atoms with Gasteiger partial charge in [-0.1, -0.05) is 37.1 Å². The number of amides is 1. The molecule has 3 aromatic rings. The van der Waals surface area contributed by atoms with Crippen LogP contribution in [0, 0.1) is 12.7 Å². The number of aryl methyl sites for hydroxylation is 1. The Balaban J connectivity index is 1.68. The second-order valence-electron chi connectivity index (χ2n) is 7.74. The van der Waals surface area contributed by atoms with E-state index in [1.165, 1.54) is 29.7 Å². The summed E-state index contributed by atoms with van der Waals surface area (Å²) in [4.78, 5) is 27.8. The maximum atomic E-state index is 13.5. The number of hydrogen-bond acceptors (Lipinski definition) is 4. The van der Waals surface area contributed by atoms with E-state index in [0.717, 1.165) is 42.7 Å². The predicted octanol–water partition coefficient (Wildman–Crippen LogP) is 3.86. The van der Waals surface area contributed by atoms with Crippen LogP contribution in [0.3, 0.4) is 0 Å². The van der Waals surface area contributed by atoms with E-state index in [0.29, 0.717) is 11.1 Å². The Hall–Kier alpha value is -3.22. The van der Waals surface area contributed by atoms with E-state index in [1.807, 2.05) is 18.2 Å². The molecule has 1 aromatic heterocycles. The number of nitrogens with one attached hydrogen (secondary N) is 1. The lowest BCUT2D eigenvalue weighted by molar-refractivity contribution is -0.117. The fraction of sp³-hybridized carbons (Fsp3) is 0.348. The van der Waals surface area contributed by atoms with Gasteiger partial charge in [-0.25, -0.2) is 9.07 Å². The summed E-state index contributed by atoms with van der Waals surface area (Å²) >= 11 is 0. The molecule has 1 amide bonds. The average Bonchev–Trinajstić information content (AvgIpc) is 3.02. The monoisotopic (exact) mass is 408 g/mol. The molecule has 4 rings (SSSR count). The Kier molecular flexibility index (Phi) is 5.79. The third-order valence-corrected chi connectivity index (χ3v) is 5.52. The van der Waals surface area contributed by atoms with Crippen molar-refractivity contribution < 1.29 is 9.18 Å². The summed E-state index contributed by atoms with van der Waals surface area (Å²) in [5, 5.41) is 8.62. The van der Waals surface area contributed by atoms with Gasteiger partial charge in [0.05, 0.1) is 5.39 Å². The van der Waals surface area contributed by atoms with Crippen LogP contribution in [0.2, 0.25) is 0 Å². The molecule has 1 fully saturated rings.